The summed E-state index contributed by atoms with van der Waals surface area (Å²) in [5.74, 6) is 2.05. The zero-order valence-corrected chi connectivity index (χ0v) is 11.7. The summed E-state index contributed by atoms with van der Waals surface area (Å²) in [7, 11) is 3.17. The van der Waals surface area contributed by atoms with Crippen molar-refractivity contribution in [2.45, 2.75) is 19.8 Å². The fourth-order valence-electron chi connectivity index (χ4n) is 1.54. The van der Waals surface area contributed by atoms with Gasteiger partial charge in [-0.1, -0.05) is 6.92 Å². The number of methoxy groups -OCH3 is 2. The molecule has 0 aliphatic rings. The van der Waals surface area contributed by atoms with Crippen molar-refractivity contribution < 1.29 is 19.0 Å². The van der Waals surface area contributed by atoms with Gasteiger partial charge in [0.25, 0.3) is 0 Å². The average Bonchev–Trinajstić information content (AvgIpc) is 2.43. The lowest BCUT2D eigenvalue weighted by Crippen LogP contribution is -2.27. The van der Waals surface area contributed by atoms with Gasteiger partial charge in [-0.05, 0) is 6.42 Å². The van der Waals surface area contributed by atoms with Crippen LogP contribution >= 0.6 is 0 Å². The summed E-state index contributed by atoms with van der Waals surface area (Å²) < 4.78 is 15.8. The molecule has 0 aliphatic carbocycles. The Bertz CT molecular complexity index is 384. The first-order valence-corrected chi connectivity index (χ1v) is 6.32. The van der Waals surface area contributed by atoms with Crippen molar-refractivity contribution in [2.24, 2.45) is 0 Å². The van der Waals surface area contributed by atoms with Gasteiger partial charge < -0.3 is 19.5 Å². The van der Waals surface area contributed by atoms with Crippen LogP contribution in [0.4, 0.5) is 0 Å². The van der Waals surface area contributed by atoms with E-state index in [9.17, 15) is 4.79 Å². The van der Waals surface area contributed by atoms with Crippen LogP contribution in [0, 0.1) is 0 Å². The molecule has 0 saturated heterocycles. The first-order valence-electron chi connectivity index (χ1n) is 6.32. The second-order valence-corrected chi connectivity index (χ2v) is 4.00. The minimum Gasteiger partial charge on any atom is -0.496 e. The number of rotatable bonds is 8. The van der Waals surface area contributed by atoms with Crippen molar-refractivity contribution in [3.8, 4) is 17.2 Å². The largest absolute Gasteiger partial charge is 0.496 e. The zero-order valence-electron chi connectivity index (χ0n) is 11.7. The number of carbonyl (C=O) groups excluding carboxylic acids is 1. The smallest absolute Gasteiger partial charge is 0.220 e. The molecule has 106 valence electrons. The van der Waals surface area contributed by atoms with Gasteiger partial charge in [-0.3, -0.25) is 4.79 Å². The first-order chi connectivity index (χ1) is 9.19. The van der Waals surface area contributed by atoms with Gasteiger partial charge in [-0.15, -0.1) is 0 Å². The molecule has 0 spiro atoms. The Kier molecular flexibility index (Phi) is 6.57. The Hall–Kier alpha value is -1.91. The van der Waals surface area contributed by atoms with Crippen molar-refractivity contribution >= 4 is 5.91 Å². The molecule has 0 radical (unpaired) electrons. The zero-order chi connectivity index (χ0) is 14.1. The number of carbonyl (C=O) groups is 1. The minimum absolute atomic E-state index is 0.0503. The summed E-state index contributed by atoms with van der Waals surface area (Å²) >= 11 is 0. The summed E-state index contributed by atoms with van der Waals surface area (Å²) in [6.07, 6.45) is 1.40. The summed E-state index contributed by atoms with van der Waals surface area (Å²) in [6.45, 7) is 2.86. The normalized spacial score (nSPS) is 9.84. The molecule has 0 bridgehead atoms. The van der Waals surface area contributed by atoms with E-state index in [1.807, 2.05) is 6.92 Å². The third-order valence-electron chi connectivity index (χ3n) is 2.49. The highest BCUT2D eigenvalue weighted by Gasteiger charge is 2.03. The van der Waals surface area contributed by atoms with Crippen LogP contribution in [0.15, 0.2) is 18.2 Å². The lowest BCUT2D eigenvalue weighted by atomic mass is 10.3. The number of nitrogens with one attached hydrogen (secondary N) is 1. The highest BCUT2D eigenvalue weighted by Crippen LogP contribution is 2.27. The fourth-order valence-corrected chi connectivity index (χ4v) is 1.54. The van der Waals surface area contributed by atoms with Crippen molar-refractivity contribution in [3.63, 3.8) is 0 Å². The Balaban J connectivity index is 2.42. The maximum atomic E-state index is 11.2. The summed E-state index contributed by atoms with van der Waals surface area (Å²) in [5.41, 5.74) is 0. The highest BCUT2D eigenvalue weighted by molar-refractivity contribution is 5.75. The Labute approximate surface area is 113 Å². The maximum absolute atomic E-state index is 11.2. The van der Waals surface area contributed by atoms with Crippen LogP contribution in [0.2, 0.25) is 0 Å². The third kappa shape index (κ3) is 5.50. The van der Waals surface area contributed by atoms with Gasteiger partial charge in [-0.2, -0.15) is 0 Å². The topological polar surface area (TPSA) is 56.8 Å². The Morgan fingerprint density at radius 1 is 1.11 bits per heavy atom. The van der Waals surface area contributed by atoms with E-state index in [2.05, 4.69) is 5.32 Å². The molecule has 1 aromatic rings. The third-order valence-corrected chi connectivity index (χ3v) is 2.49. The van der Waals surface area contributed by atoms with Crippen LogP contribution in [0.1, 0.15) is 19.8 Å². The van der Waals surface area contributed by atoms with Gasteiger partial charge in [0.15, 0.2) is 0 Å². The summed E-state index contributed by atoms with van der Waals surface area (Å²) in [6, 6.07) is 5.32. The number of ether oxygens (including phenoxy) is 3. The van der Waals surface area contributed by atoms with Gasteiger partial charge in [0.2, 0.25) is 5.91 Å². The lowest BCUT2D eigenvalue weighted by Gasteiger charge is -2.10. The van der Waals surface area contributed by atoms with E-state index in [-0.39, 0.29) is 5.91 Å². The Morgan fingerprint density at radius 2 is 1.68 bits per heavy atom. The van der Waals surface area contributed by atoms with Gasteiger partial charge in [0.05, 0.1) is 20.8 Å². The van der Waals surface area contributed by atoms with Crippen LogP contribution in [-0.2, 0) is 4.79 Å². The molecular formula is C14H21NO4. The molecule has 1 rings (SSSR count). The van der Waals surface area contributed by atoms with Gasteiger partial charge in [0.1, 0.15) is 23.9 Å². The van der Waals surface area contributed by atoms with Gasteiger partial charge in [-0.25, -0.2) is 0 Å². The van der Waals surface area contributed by atoms with Crippen LogP contribution in [0.5, 0.6) is 17.2 Å². The molecule has 5 nitrogen and oxygen atoms in total. The van der Waals surface area contributed by atoms with Crippen molar-refractivity contribution in [1.29, 1.82) is 0 Å². The predicted molar refractivity (Wildman–Crippen MR) is 73.0 cm³/mol. The van der Waals surface area contributed by atoms with E-state index in [0.29, 0.717) is 36.8 Å². The number of hydrogen-bond donors (Lipinski definition) is 1. The van der Waals surface area contributed by atoms with Crippen LogP contribution < -0.4 is 19.5 Å². The maximum Gasteiger partial charge on any atom is 0.220 e. The predicted octanol–water partition coefficient (Wildman–Crippen LogP) is 2.00. The number of amides is 1. The standard InChI is InChI=1S/C14H21NO4/c1-4-5-14(16)15-6-7-19-13-9-11(17-2)8-12(10-13)18-3/h8-10H,4-7H2,1-3H3,(H,15,16). The van der Waals surface area contributed by atoms with E-state index < -0.39 is 0 Å². The average molecular weight is 267 g/mol. The summed E-state index contributed by atoms with van der Waals surface area (Å²) in [4.78, 5) is 11.2. The molecule has 0 unspecified atom stereocenters. The van der Waals surface area contributed by atoms with Crippen molar-refractivity contribution in [3.05, 3.63) is 18.2 Å². The molecule has 1 N–H and O–H groups in total. The molecule has 0 atom stereocenters. The Morgan fingerprint density at radius 3 is 2.21 bits per heavy atom. The van der Waals surface area contributed by atoms with Gasteiger partial charge in [0, 0.05) is 24.6 Å². The van der Waals surface area contributed by atoms with Gasteiger partial charge >= 0.3 is 0 Å². The quantitative estimate of drug-likeness (QED) is 0.732. The molecule has 19 heavy (non-hydrogen) atoms. The van der Waals surface area contributed by atoms with Crippen LogP contribution in [0.25, 0.3) is 0 Å². The molecular weight excluding hydrogens is 246 g/mol. The second-order valence-electron chi connectivity index (χ2n) is 4.00. The molecule has 0 aromatic heterocycles. The van der Waals surface area contributed by atoms with Crippen LogP contribution in [0.3, 0.4) is 0 Å². The molecule has 1 amide bonds. The molecule has 1 aromatic carbocycles. The van der Waals surface area contributed by atoms with E-state index in [1.54, 1.807) is 32.4 Å². The number of hydrogen-bond acceptors (Lipinski definition) is 4. The minimum atomic E-state index is 0.0503. The summed E-state index contributed by atoms with van der Waals surface area (Å²) in [5, 5.41) is 2.78. The molecule has 0 saturated carbocycles. The number of benzene rings is 1. The SMILES string of the molecule is CCCC(=O)NCCOc1cc(OC)cc(OC)c1. The monoisotopic (exact) mass is 267 g/mol. The molecule has 0 heterocycles. The first kappa shape index (κ1) is 15.1. The van der Waals surface area contributed by atoms with E-state index >= 15 is 0 Å². The van der Waals surface area contributed by atoms with Crippen molar-refractivity contribution in [1.82, 2.24) is 5.32 Å². The molecule has 0 fully saturated rings. The lowest BCUT2D eigenvalue weighted by molar-refractivity contribution is -0.121. The van der Waals surface area contributed by atoms with Crippen molar-refractivity contribution in [2.75, 3.05) is 27.4 Å². The van der Waals surface area contributed by atoms with E-state index in [4.69, 9.17) is 14.2 Å². The fraction of sp³-hybridized carbons (Fsp3) is 0.500. The van der Waals surface area contributed by atoms with Crippen LogP contribution in [-0.4, -0.2) is 33.3 Å². The highest BCUT2D eigenvalue weighted by atomic mass is 16.5. The second kappa shape index (κ2) is 8.24. The van der Waals surface area contributed by atoms with E-state index in [1.165, 1.54) is 0 Å². The molecule has 0 aliphatic heterocycles. The van der Waals surface area contributed by atoms with E-state index in [0.717, 1.165) is 6.42 Å². The molecule has 5 heteroatoms.